The molecular weight excluding hydrogens is 370 g/mol. The van der Waals surface area contributed by atoms with E-state index in [0.717, 1.165) is 0 Å². The Balaban J connectivity index is 2.20. The van der Waals surface area contributed by atoms with E-state index in [4.69, 9.17) is 4.74 Å². The number of halogens is 1. The quantitative estimate of drug-likeness (QED) is 0.362. The van der Waals surface area contributed by atoms with Crippen LogP contribution in [0, 0.1) is 17.0 Å². The van der Waals surface area contributed by atoms with Gasteiger partial charge in [-0.2, -0.15) is 0 Å². The summed E-state index contributed by atoms with van der Waals surface area (Å²) < 4.78 is 5.26. The minimum Gasteiger partial charge on any atom is -0.372 e. The van der Waals surface area contributed by atoms with Gasteiger partial charge in [0.25, 0.3) is 5.69 Å². The van der Waals surface area contributed by atoms with E-state index in [2.05, 4.69) is 21.2 Å². The van der Waals surface area contributed by atoms with Crippen LogP contribution in [-0.4, -0.2) is 47.6 Å². The number of hydrogen-bond donors (Lipinski definition) is 1. The third-order valence-corrected chi connectivity index (χ3v) is 4.14. The Hall–Kier alpha value is -2.00. The third-order valence-electron chi connectivity index (χ3n) is 3.68. The first-order valence-electron chi connectivity index (χ1n) is 6.99. The fraction of sp³-hybridized carbons (Fsp3) is 0.429. The van der Waals surface area contributed by atoms with Gasteiger partial charge in [-0.1, -0.05) is 15.9 Å². The number of benzene rings is 1. The molecule has 124 valence electrons. The van der Waals surface area contributed by atoms with Gasteiger partial charge in [-0.25, -0.2) is 9.59 Å². The van der Waals surface area contributed by atoms with E-state index in [1.165, 1.54) is 24.0 Å². The highest BCUT2D eigenvalue weighted by Crippen LogP contribution is 2.27. The maximum Gasteiger partial charge on any atom is 0.418 e. The normalized spacial score (nSPS) is 17.7. The van der Waals surface area contributed by atoms with E-state index in [1.54, 1.807) is 0 Å². The number of esters is 1. The third kappa shape index (κ3) is 3.85. The van der Waals surface area contributed by atoms with Gasteiger partial charge in [-0.15, -0.1) is 0 Å². The minimum atomic E-state index is -0.900. The number of nitrogens with zero attached hydrogens (tertiary/aromatic N) is 2. The summed E-state index contributed by atoms with van der Waals surface area (Å²) in [5.74, 6) is -0.900. The Labute approximate surface area is 141 Å². The minimum absolute atomic E-state index is 0.0118. The Bertz CT molecular complexity index is 664. The summed E-state index contributed by atoms with van der Waals surface area (Å²) in [6.07, 6.45) is -0.744. The number of nitrogens with one attached hydrogen (secondary N) is 1. The van der Waals surface area contributed by atoms with E-state index in [1.807, 2.05) is 6.92 Å². The van der Waals surface area contributed by atoms with Crippen LogP contribution in [0.5, 0.6) is 0 Å². The van der Waals surface area contributed by atoms with Crippen molar-refractivity contribution in [2.45, 2.75) is 19.9 Å². The number of nitro groups is 1. The second-order valence-electron chi connectivity index (χ2n) is 5.26. The predicted molar refractivity (Wildman–Crippen MR) is 85.4 cm³/mol. The van der Waals surface area contributed by atoms with E-state index < -0.39 is 17.0 Å². The first-order chi connectivity index (χ1) is 10.8. The van der Waals surface area contributed by atoms with Gasteiger partial charge in [-0.3, -0.25) is 10.1 Å². The second kappa shape index (κ2) is 7.05. The molecule has 1 aliphatic heterocycles. The van der Waals surface area contributed by atoms with E-state index in [9.17, 15) is 19.7 Å². The molecule has 1 unspecified atom stereocenters. The molecule has 0 bridgehead atoms. The molecular formula is C14H16BrN3O5. The summed E-state index contributed by atoms with van der Waals surface area (Å²) in [6, 6.07) is 2.60. The summed E-state index contributed by atoms with van der Waals surface area (Å²) in [5, 5.41) is 14.1. The zero-order valence-electron chi connectivity index (χ0n) is 12.7. The molecule has 1 aromatic carbocycles. The van der Waals surface area contributed by atoms with Crippen LogP contribution in [0.3, 0.4) is 0 Å². The lowest BCUT2D eigenvalue weighted by Crippen LogP contribution is -2.52. The molecule has 1 aliphatic rings. The van der Waals surface area contributed by atoms with Crippen LogP contribution in [0.25, 0.3) is 0 Å². The van der Waals surface area contributed by atoms with Crippen molar-refractivity contribution in [2.75, 3.05) is 19.6 Å². The van der Waals surface area contributed by atoms with E-state index >= 15 is 0 Å². The largest absolute Gasteiger partial charge is 0.418 e. The topological polar surface area (TPSA) is 102 Å². The fourth-order valence-electron chi connectivity index (χ4n) is 2.37. The smallest absolute Gasteiger partial charge is 0.372 e. The lowest BCUT2D eigenvalue weighted by Gasteiger charge is -2.32. The monoisotopic (exact) mass is 385 g/mol. The molecule has 1 atom stereocenters. The van der Waals surface area contributed by atoms with Crippen LogP contribution in [-0.2, 0) is 4.74 Å². The zero-order chi connectivity index (χ0) is 17.1. The summed E-state index contributed by atoms with van der Waals surface area (Å²) in [7, 11) is 0. The van der Waals surface area contributed by atoms with Gasteiger partial charge in [0, 0.05) is 41.8 Å². The van der Waals surface area contributed by atoms with Gasteiger partial charge in [0.05, 0.1) is 10.5 Å². The van der Waals surface area contributed by atoms with Gasteiger partial charge in [0.1, 0.15) is 0 Å². The molecule has 0 radical (unpaired) electrons. The molecule has 23 heavy (non-hydrogen) atoms. The van der Waals surface area contributed by atoms with Crippen molar-refractivity contribution in [3.05, 3.63) is 37.8 Å². The molecule has 1 fully saturated rings. The Kier molecular flexibility index (Phi) is 5.32. The van der Waals surface area contributed by atoms with Crippen LogP contribution in [0.2, 0.25) is 0 Å². The first-order valence-corrected chi connectivity index (χ1v) is 7.78. The standard InChI is InChI=1S/C14H16BrN3O5/c1-8-7-16-3-4-17(8)14(20)23-13(19)11-5-10(15)6-12(9(11)2)18(21)22/h5-6,8,16H,3-4,7H2,1-2H3. The fourth-order valence-corrected chi connectivity index (χ4v) is 2.82. The first kappa shape index (κ1) is 17.4. The molecule has 1 heterocycles. The van der Waals surface area contributed by atoms with E-state index in [0.29, 0.717) is 24.1 Å². The van der Waals surface area contributed by atoms with Crippen LogP contribution in [0.4, 0.5) is 10.5 Å². The lowest BCUT2D eigenvalue weighted by atomic mass is 10.1. The van der Waals surface area contributed by atoms with Crippen molar-refractivity contribution in [3.63, 3.8) is 0 Å². The highest BCUT2D eigenvalue weighted by molar-refractivity contribution is 9.10. The molecule has 0 spiro atoms. The number of ether oxygens (including phenoxy) is 1. The molecule has 1 saturated heterocycles. The maximum atomic E-state index is 12.2. The molecule has 1 aromatic rings. The van der Waals surface area contributed by atoms with Crippen LogP contribution in [0.15, 0.2) is 16.6 Å². The number of nitro benzene ring substituents is 1. The summed E-state index contributed by atoms with van der Waals surface area (Å²) in [5.41, 5.74) is -0.0686. The molecule has 1 amide bonds. The summed E-state index contributed by atoms with van der Waals surface area (Å²) in [6.45, 7) is 4.96. The van der Waals surface area contributed by atoms with Crippen LogP contribution in [0.1, 0.15) is 22.8 Å². The van der Waals surface area contributed by atoms with Gasteiger partial charge in [0.2, 0.25) is 0 Å². The van der Waals surface area contributed by atoms with Crippen molar-refractivity contribution >= 4 is 33.7 Å². The molecule has 1 N–H and O–H groups in total. The Morgan fingerprint density at radius 2 is 2.17 bits per heavy atom. The average Bonchev–Trinajstić information content (AvgIpc) is 2.49. The van der Waals surface area contributed by atoms with Crippen molar-refractivity contribution in [1.82, 2.24) is 10.2 Å². The number of rotatable bonds is 2. The molecule has 0 aromatic heterocycles. The van der Waals surface area contributed by atoms with Crippen molar-refractivity contribution < 1.29 is 19.2 Å². The van der Waals surface area contributed by atoms with Gasteiger partial charge >= 0.3 is 12.1 Å². The molecule has 0 saturated carbocycles. The summed E-state index contributed by atoms with van der Waals surface area (Å²) in [4.78, 5) is 36.2. The molecule has 0 aliphatic carbocycles. The van der Waals surface area contributed by atoms with Gasteiger partial charge in [0.15, 0.2) is 0 Å². The number of amides is 1. The Morgan fingerprint density at radius 3 is 2.78 bits per heavy atom. The maximum absolute atomic E-state index is 12.2. The molecule has 9 heteroatoms. The number of hydrogen-bond acceptors (Lipinski definition) is 6. The van der Waals surface area contributed by atoms with E-state index in [-0.39, 0.29) is 22.9 Å². The van der Waals surface area contributed by atoms with Crippen molar-refractivity contribution in [3.8, 4) is 0 Å². The number of carbonyl (C=O) groups is 2. The van der Waals surface area contributed by atoms with Crippen molar-refractivity contribution in [2.24, 2.45) is 0 Å². The number of carbonyl (C=O) groups excluding carboxylic acids is 2. The predicted octanol–water partition coefficient (Wildman–Crippen LogP) is 2.24. The highest BCUT2D eigenvalue weighted by atomic mass is 79.9. The second-order valence-corrected chi connectivity index (χ2v) is 6.17. The van der Waals surface area contributed by atoms with Crippen LogP contribution < -0.4 is 5.32 Å². The highest BCUT2D eigenvalue weighted by Gasteiger charge is 2.28. The molecule has 2 rings (SSSR count). The lowest BCUT2D eigenvalue weighted by molar-refractivity contribution is -0.385. The zero-order valence-corrected chi connectivity index (χ0v) is 14.3. The SMILES string of the molecule is Cc1c(C(=O)OC(=O)N2CCNCC2C)cc(Br)cc1[N+](=O)[O-]. The Morgan fingerprint density at radius 1 is 1.48 bits per heavy atom. The molecule has 8 nitrogen and oxygen atoms in total. The van der Waals surface area contributed by atoms with Crippen LogP contribution >= 0.6 is 15.9 Å². The van der Waals surface area contributed by atoms with Crippen molar-refractivity contribution in [1.29, 1.82) is 0 Å². The number of piperazine rings is 1. The summed E-state index contributed by atoms with van der Waals surface area (Å²) >= 11 is 3.12. The van der Waals surface area contributed by atoms with Gasteiger partial charge < -0.3 is 15.0 Å². The van der Waals surface area contributed by atoms with Gasteiger partial charge in [-0.05, 0) is 19.9 Å². The average molecular weight is 386 g/mol.